The number of aliphatic carboxylic acids is 1. The molecular formula is C13H26N2O3. The van der Waals surface area contributed by atoms with Gasteiger partial charge in [-0.1, -0.05) is 26.2 Å². The van der Waals surface area contributed by atoms with Crippen LogP contribution in [0.4, 0.5) is 4.79 Å². The van der Waals surface area contributed by atoms with Crippen molar-refractivity contribution in [3.63, 3.8) is 0 Å². The van der Waals surface area contributed by atoms with Crippen molar-refractivity contribution in [1.29, 1.82) is 0 Å². The summed E-state index contributed by atoms with van der Waals surface area (Å²) in [5.74, 6) is -0.977. The number of nitrogens with zero attached hydrogens (tertiary/aromatic N) is 1. The van der Waals surface area contributed by atoms with Crippen LogP contribution in [0.1, 0.15) is 53.4 Å². The van der Waals surface area contributed by atoms with Crippen LogP contribution >= 0.6 is 0 Å². The average molecular weight is 258 g/mol. The number of hydrogen-bond donors (Lipinski definition) is 2. The van der Waals surface area contributed by atoms with Crippen molar-refractivity contribution in [1.82, 2.24) is 10.2 Å². The highest BCUT2D eigenvalue weighted by molar-refractivity contribution is 5.80. The van der Waals surface area contributed by atoms with Gasteiger partial charge in [-0.2, -0.15) is 0 Å². The maximum Gasteiger partial charge on any atom is 0.323 e. The minimum absolute atomic E-state index is 0.242. The number of nitrogens with one attached hydrogen (secondary N) is 1. The van der Waals surface area contributed by atoms with Crippen LogP contribution < -0.4 is 5.32 Å². The summed E-state index contributed by atoms with van der Waals surface area (Å²) < 4.78 is 0. The van der Waals surface area contributed by atoms with E-state index in [-0.39, 0.29) is 18.1 Å². The van der Waals surface area contributed by atoms with Gasteiger partial charge in [-0.3, -0.25) is 4.79 Å². The molecule has 0 aromatic carbocycles. The van der Waals surface area contributed by atoms with E-state index in [1.54, 1.807) is 0 Å². The molecule has 18 heavy (non-hydrogen) atoms. The largest absolute Gasteiger partial charge is 0.480 e. The van der Waals surface area contributed by atoms with Crippen LogP contribution in [0.5, 0.6) is 0 Å². The van der Waals surface area contributed by atoms with E-state index in [4.69, 9.17) is 5.11 Å². The minimum atomic E-state index is -0.977. The van der Waals surface area contributed by atoms with Gasteiger partial charge in [0.2, 0.25) is 0 Å². The predicted octanol–water partition coefficient (Wildman–Crippen LogP) is 2.46. The Balaban J connectivity index is 4.29. The second-order valence-corrected chi connectivity index (χ2v) is 5.56. The van der Waals surface area contributed by atoms with Gasteiger partial charge in [0.15, 0.2) is 0 Å². The smallest absolute Gasteiger partial charge is 0.323 e. The molecule has 0 fully saturated rings. The summed E-state index contributed by atoms with van der Waals surface area (Å²) in [6, 6.07) is -0.304. The minimum Gasteiger partial charge on any atom is -0.480 e. The Morgan fingerprint density at radius 2 is 1.78 bits per heavy atom. The summed E-state index contributed by atoms with van der Waals surface area (Å²) >= 11 is 0. The fraction of sp³-hybridized carbons (Fsp3) is 0.846. The number of hydrogen-bond acceptors (Lipinski definition) is 2. The van der Waals surface area contributed by atoms with E-state index in [1.807, 2.05) is 20.8 Å². The van der Waals surface area contributed by atoms with Crippen molar-refractivity contribution in [3.8, 4) is 0 Å². The Labute approximate surface area is 110 Å². The summed E-state index contributed by atoms with van der Waals surface area (Å²) in [4.78, 5) is 24.0. The normalized spacial score (nSPS) is 11.1. The van der Waals surface area contributed by atoms with Gasteiger partial charge in [0.25, 0.3) is 0 Å². The maximum absolute atomic E-state index is 11.9. The van der Waals surface area contributed by atoms with Crippen LogP contribution in [0.2, 0.25) is 0 Å². The van der Waals surface area contributed by atoms with E-state index in [9.17, 15) is 9.59 Å². The first-order valence-corrected chi connectivity index (χ1v) is 6.55. The highest BCUT2D eigenvalue weighted by Crippen LogP contribution is 2.05. The summed E-state index contributed by atoms with van der Waals surface area (Å²) in [6.45, 7) is 7.99. The van der Waals surface area contributed by atoms with Crippen molar-refractivity contribution in [3.05, 3.63) is 0 Å². The van der Waals surface area contributed by atoms with Gasteiger partial charge in [0.1, 0.15) is 6.54 Å². The SMILES string of the molecule is CCCCCCN(CC(=O)O)C(=O)NC(C)(C)C. The van der Waals surface area contributed by atoms with Crippen LogP contribution in [0, 0.1) is 0 Å². The number of amides is 2. The molecule has 0 aliphatic rings. The maximum atomic E-state index is 11.9. The third kappa shape index (κ3) is 8.84. The number of rotatable bonds is 7. The summed E-state index contributed by atoms with van der Waals surface area (Å²) in [5.41, 5.74) is -0.350. The lowest BCUT2D eigenvalue weighted by Crippen LogP contribution is -2.50. The molecule has 0 rings (SSSR count). The summed E-state index contributed by atoms with van der Waals surface area (Å²) in [6.07, 6.45) is 4.10. The van der Waals surface area contributed by atoms with Crippen molar-refractivity contribution in [2.75, 3.05) is 13.1 Å². The van der Waals surface area contributed by atoms with E-state index in [0.29, 0.717) is 6.54 Å². The molecule has 0 aromatic heterocycles. The molecule has 0 atom stereocenters. The molecule has 0 heterocycles. The zero-order valence-electron chi connectivity index (χ0n) is 12.0. The number of carbonyl (C=O) groups excluding carboxylic acids is 1. The molecule has 0 aliphatic carbocycles. The van der Waals surface area contributed by atoms with Crippen LogP contribution in [-0.2, 0) is 4.79 Å². The molecule has 0 bridgehead atoms. The zero-order chi connectivity index (χ0) is 14.2. The van der Waals surface area contributed by atoms with E-state index >= 15 is 0 Å². The molecule has 0 spiro atoms. The van der Waals surface area contributed by atoms with Gasteiger partial charge in [-0.15, -0.1) is 0 Å². The molecule has 2 N–H and O–H groups in total. The first-order chi connectivity index (χ1) is 8.26. The van der Waals surface area contributed by atoms with Gasteiger partial charge in [-0.05, 0) is 27.2 Å². The van der Waals surface area contributed by atoms with E-state index in [2.05, 4.69) is 12.2 Å². The lowest BCUT2D eigenvalue weighted by atomic mass is 10.1. The fourth-order valence-corrected chi connectivity index (χ4v) is 1.54. The van der Waals surface area contributed by atoms with Crippen molar-refractivity contribution >= 4 is 12.0 Å². The van der Waals surface area contributed by atoms with E-state index in [1.165, 1.54) is 4.90 Å². The van der Waals surface area contributed by atoms with Gasteiger partial charge in [0, 0.05) is 12.1 Å². The fourth-order valence-electron chi connectivity index (χ4n) is 1.54. The Kier molecular flexibility index (Phi) is 7.39. The molecule has 0 aliphatic heterocycles. The van der Waals surface area contributed by atoms with Gasteiger partial charge in [-0.25, -0.2) is 4.79 Å². The van der Waals surface area contributed by atoms with Crippen LogP contribution in [0.3, 0.4) is 0 Å². The molecular weight excluding hydrogens is 232 g/mol. The first kappa shape index (κ1) is 16.7. The Hall–Kier alpha value is -1.26. The molecule has 5 nitrogen and oxygen atoms in total. The summed E-state index contributed by atoms with van der Waals surface area (Å²) in [7, 11) is 0. The van der Waals surface area contributed by atoms with E-state index in [0.717, 1.165) is 25.7 Å². The van der Waals surface area contributed by atoms with Crippen molar-refractivity contribution < 1.29 is 14.7 Å². The van der Waals surface area contributed by atoms with Gasteiger partial charge >= 0.3 is 12.0 Å². The number of carbonyl (C=O) groups is 2. The predicted molar refractivity (Wildman–Crippen MR) is 71.6 cm³/mol. The number of unbranched alkanes of at least 4 members (excludes halogenated alkanes) is 3. The third-order valence-corrected chi connectivity index (χ3v) is 2.38. The second kappa shape index (κ2) is 7.95. The van der Waals surface area contributed by atoms with Crippen LogP contribution in [0.15, 0.2) is 0 Å². The Morgan fingerprint density at radius 1 is 1.17 bits per heavy atom. The van der Waals surface area contributed by atoms with Gasteiger partial charge in [0.05, 0.1) is 0 Å². The molecule has 5 heteroatoms. The second-order valence-electron chi connectivity index (χ2n) is 5.56. The van der Waals surface area contributed by atoms with Crippen LogP contribution in [-0.4, -0.2) is 40.6 Å². The highest BCUT2D eigenvalue weighted by atomic mass is 16.4. The zero-order valence-corrected chi connectivity index (χ0v) is 12.0. The topological polar surface area (TPSA) is 69.6 Å². The molecule has 0 saturated heterocycles. The van der Waals surface area contributed by atoms with Crippen molar-refractivity contribution in [2.45, 2.75) is 58.9 Å². The van der Waals surface area contributed by atoms with Crippen LogP contribution in [0.25, 0.3) is 0 Å². The lowest BCUT2D eigenvalue weighted by Gasteiger charge is -2.27. The standard InChI is InChI=1S/C13H26N2O3/c1-5-6-7-8-9-15(10-11(16)17)12(18)14-13(2,3)4/h5-10H2,1-4H3,(H,14,18)(H,16,17). The molecule has 0 unspecified atom stereocenters. The number of carboxylic acids is 1. The average Bonchev–Trinajstić information content (AvgIpc) is 2.19. The third-order valence-electron chi connectivity index (χ3n) is 2.38. The van der Waals surface area contributed by atoms with Crippen molar-refractivity contribution in [2.24, 2.45) is 0 Å². The highest BCUT2D eigenvalue weighted by Gasteiger charge is 2.20. The van der Waals surface area contributed by atoms with Gasteiger partial charge < -0.3 is 15.3 Å². The van der Waals surface area contributed by atoms with E-state index < -0.39 is 5.97 Å². The Morgan fingerprint density at radius 3 is 2.22 bits per heavy atom. The lowest BCUT2D eigenvalue weighted by molar-refractivity contribution is -0.137. The Bertz CT molecular complexity index is 272. The quantitative estimate of drug-likeness (QED) is 0.689. The molecule has 2 amide bonds. The first-order valence-electron chi connectivity index (χ1n) is 6.55. The number of urea groups is 1. The molecule has 0 radical (unpaired) electrons. The summed E-state index contributed by atoms with van der Waals surface area (Å²) in [5, 5.41) is 11.6. The number of carboxylic acid groups (broad SMARTS) is 1. The molecule has 0 saturated carbocycles. The monoisotopic (exact) mass is 258 g/mol. The molecule has 0 aromatic rings. The molecule has 106 valence electrons.